The third-order valence-electron chi connectivity index (χ3n) is 5.14. The van der Waals surface area contributed by atoms with Crippen LogP contribution in [0.3, 0.4) is 0 Å². The van der Waals surface area contributed by atoms with Gasteiger partial charge in [-0.3, -0.25) is 14.4 Å². The molecule has 2 N–H and O–H groups in total. The predicted octanol–water partition coefficient (Wildman–Crippen LogP) is 2.35. The van der Waals surface area contributed by atoms with Crippen LogP contribution in [0.15, 0.2) is 17.4 Å². The molecule has 1 aliphatic carbocycles. The second kappa shape index (κ2) is 10.2. The molecule has 1 atom stereocenters. The molecule has 10 heteroatoms. The molecule has 0 spiro atoms. The largest absolute Gasteiger partial charge is 0.352 e. The Hall–Kier alpha value is -1.46. The van der Waals surface area contributed by atoms with Crippen molar-refractivity contribution in [2.24, 2.45) is 10.9 Å². The van der Waals surface area contributed by atoms with Crippen LogP contribution >= 0.6 is 24.0 Å². The quantitative estimate of drug-likeness (QED) is 0.373. The molecule has 1 amide bonds. The van der Waals surface area contributed by atoms with Crippen molar-refractivity contribution < 1.29 is 13.6 Å². The molecule has 2 aliphatic rings. The number of hydrogen-bond acceptors (Lipinski definition) is 3. The van der Waals surface area contributed by atoms with E-state index < -0.39 is 6.55 Å². The lowest BCUT2D eigenvalue weighted by molar-refractivity contribution is -0.134. The van der Waals surface area contributed by atoms with Gasteiger partial charge >= 0.3 is 6.55 Å². The Morgan fingerprint density at radius 1 is 1.37 bits per heavy atom. The Labute approximate surface area is 175 Å². The number of halogens is 3. The number of aliphatic imine (C=N–C) groups is 1. The van der Waals surface area contributed by atoms with Crippen LogP contribution in [0.5, 0.6) is 0 Å². The molecule has 1 aliphatic heterocycles. The lowest BCUT2D eigenvalue weighted by Crippen LogP contribution is -2.45. The maximum absolute atomic E-state index is 12.9. The first kappa shape index (κ1) is 21.8. The number of nitrogens with zero attached hydrogens (tertiary/aromatic N) is 4. The maximum Gasteiger partial charge on any atom is 0.319 e. The molecule has 27 heavy (non-hydrogen) atoms. The molecule has 2 fully saturated rings. The fraction of sp³-hybridized carbons (Fsp3) is 0.706. The van der Waals surface area contributed by atoms with E-state index in [4.69, 9.17) is 0 Å². The van der Waals surface area contributed by atoms with Crippen molar-refractivity contribution in [1.29, 1.82) is 0 Å². The zero-order valence-corrected chi connectivity index (χ0v) is 17.7. The van der Waals surface area contributed by atoms with E-state index in [1.807, 2.05) is 4.90 Å². The summed E-state index contributed by atoms with van der Waals surface area (Å²) < 4.78 is 26.5. The number of hydrogen-bond donors (Lipinski definition) is 2. The fourth-order valence-corrected chi connectivity index (χ4v) is 3.72. The molecule has 2 heterocycles. The summed E-state index contributed by atoms with van der Waals surface area (Å²) in [6, 6.07) is 0.112. The van der Waals surface area contributed by atoms with E-state index in [0.717, 1.165) is 43.2 Å². The van der Waals surface area contributed by atoms with E-state index in [9.17, 15) is 13.6 Å². The van der Waals surface area contributed by atoms with Crippen LogP contribution in [0, 0.1) is 5.92 Å². The standard InChI is InChI=1S/C17H26F2N6O.HI/c1-20-17(22-10-14-21-7-9-25(14)16(18)19)23-13-6-8-24(11-13)15(26)12-4-2-3-5-12;/h7,9,12-13,16H,2-6,8,10-11H2,1H3,(H2,20,22,23);1H. The third-order valence-corrected chi connectivity index (χ3v) is 5.14. The van der Waals surface area contributed by atoms with Gasteiger partial charge in [0.25, 0.3) is 0 Å². The second-order valence-electron chi connectivity index (χ2n) is 6.85. The van der Waals surface area contributed by atoms with E-state index in [-0.39, 0.29) is 54.2 Å². The number of likely N-dealkylation sites (tertiary alicyclic amines) is 1. The summed E-state index contributed by atoms with van der Waals surface area (Å²) in [7, 11) is 1.63. The highest BCUT2D eigenvalue weighted by Crippen LogP contribution is 2.27. The molecule has 1 saturated heterocycles. The lowest BCUT2D eigenvalue weighted by Gasteiger charge is -2.21. The number of alkyl halides is 2. The summed E-state index contributed by atoms with van der Waals surface area (Å²) in [5.41, 5.74) is 0. The summed E-state index contributed by atoms with van der Waals surface area (Å²) in [4.78, 5) is 22.5. The number of guanidine groups is 1. The number of aromatic nitrogens is 2. The first-order chi connectivity index (χ1) is 12.6. The van der Waals surface area contributed by atoms with Gasteiger partial charge in [-0.05, 0) is 19.3 Å². The minimum atomic E-state index is -2.62. The number of rotatable bonds is 5. The van der Waals surface area contributed by atoms with E-state index in [1.165, 1.54) is 12.4 Å². The number of nitrogens with one attached hydrogen (secondary N) is 2. The Bertz CT molecular complexity index is 647. The van der Waals surface area contributed by atoms with Crippen LogP contribution < -0.4 is 10.6 Å². The van der Waals surface area contributed by atoms with Crippen LogP contribution in [0.4, 0.5) is 8.78 Å². The Morgan fingerprint density at radius 2 is 2.11 bits per heavy atom. The summed E-state index contributed by atoms with van der Waals surface area (Å²) in [6.07, 6.45) is 7.77. The average Bonchev–Trinajstić information content (AvgIpc) is 3.39. The number of imidazole rings is 1. The van der Waals surface area contributed by atoms with E-state index >= 15 is 0 Å². The van der Waals surface area contributed by atoms with E-state index in [1.54, 1.807) is 7.05 Å². The number of amides is 1. The zero-order chi connectivity index (χ0) is 18.5. The Morgan fingerprint density at radius 3 is 2.78 bits per heavy atom. The summed E-state index contributed by atoms with van der Waals surface area (Å²) >= 11 is 0. The lowest BCUT2D eigenvalue weighted by atomic mass is 10.1. The average molecular weight is 496 g/mol. The van der Waals surface area contributed by atoms with Gasteiger partial charge in [-0.2, -0.15) is 8.78 Å². The molecular weight excluding hydrogens is 469 g/mol. The van der Waals surface area contributed by atoms with Gasteiger partial charge in [0.15, 0.2) is 5.96 Å². The summed E-state index contributed by atoms with van der Waals surface area (Å²) in [5.74, 6) is 1.23. The first-order valence-electron chi connectivity index (χ1n) is 9.14. The van der Waals surface area contributed by atoms with Crippen LogP contribution in [0.1, 0.15) is 44.5 Å². The molecule has 152 valence electrons. The van der Waals surface area contributed by atoms with Crippen molar-refractivity contribution in [2.45, 2.75) is 51.2 Å². The van der Waals surface area contributed by atoms with Crippen molar-refractivity contribution in [3.63, 3.8) is 0 Å². The van der Waals surface area contributed by atoms with Crippen molar-refractivity contribution in [3.8, 4) is 0 Å². The molecule has 7 nitrogen and oxygen atoms in total. The maximum atomic E-state index is 12.9. The highest BCUT2D eigenvalue weighted by atomic mass is 127. The molecular formula is C17H27F2IN6O. The third kappa shape index (κ3) is 5.52. The van der Waals surface area contributed by atoms with Crippen LogP contribution in [-0.2, 0) is 11.3 Å². The predicted molar refractivity (Wildman–Crippen MR) is 109 cm³/mol. The highest BCUT2D eigenvalue weighted by Gasteiger charge is 2.32. The topological polar surface area (TPSA) is 74.6 Å². The molecule has 0 radical (unpaired) electrons. The summed E-state index contributed by atoms with van der Waals surface area (Å²) in [5, 5.41) is 6.28. The molecule has 3 rings (SSSR count). The second-order valence-corrected chi connectivity index (χ2v) is 6.85. The number of carbonyl (C=O) groups is 1. The van der Waals surface area contributed by atoms with Gasteiger partial charge in [0.05, 0.1) is 6.54 Å². The monoisotopic (exact) mass is 496 g/mol. The SMILES string of the molecule is CN=C(NCc1nccn1C(F)F)NC1CCN(C(=O)C2CCCC2)C1.I. The van der Waals surface area contributed by atoms with Crippen LogP contribution in [0.2, 0.25) is 0 Å². The Kier molecular flexibility index (Phi) is 8.24. The molecule has 1 saturated carbocycles. The normalized spacial score (nSPS) is 20.8. The van der Waals surface area contributed by atoms with Crippen molar-refractivity contribution in [2.75, 3.05) is 20.1 Å². The minimum absolute atomic E-state index is 0. The minimum Gasteiger partial charge on any atom is -0.352 e. The van der Waals surface area contributed by atoms with Crippen molar-refractivity contribution in [1.82, 2.24) is 25.1 Å². The van der Waals surface area contributed by atoms with Crippen molar-refractivity contribution >= 4 is 35.8 Å². The van der Waals surface area contributed by atoms with E-state index in [2.05, 4.69) is 20.6 Å². The fourth-order valence-electron chi connectivity index (χ4n) is 3.72. The van der Waals surface area contributed by atoms with Crippen LogP contribution in [-0.4, -0.2) is 52.5 Å². The molecule has 1 aromatic heterocycles. The Balaban J connectivity index is 0.00000261. The molecule has 0 aromatic carbocycles. The summed E-state index contributed by atoms with van der Waals surface area (Å²) in [6.45, 7) is -1.06. The molecule has 1 unspecified atom stereocenters. The van der Waals surface area contributed by atoms with Crippen molar-refractivity contribution in [3.05, 3.63) is 18.2 Å². The van der Waals surface area contributed by atoms with Gasteiger partial charge in [-0.15, -0.1) is 24.0 Å². The van der Waals surface area contributed by atoms with Gasteiger partial charge in [0.2, 0.25) is 5.91 Å². The molecule has 1 aromatic rings. The first-order valence-corrected chi connectivity index (χ1v) is 9.14. The van der Waals surface area contributed by atoms with Gasteiger partial charge in [0.1, 0.15) is 5.82 Å². The number of carbonyl (C=O) groups excluding carboxylic acids is 1. The van der Waals surface area contributed by atoms with Gasteiger partial charge < -0.3 is 15.5 Å². The van der Waals surface area contributed by atoms with Gasteiger partial charge in [0, 0.05) is 44.5 Å². The zero-order valence-electron chi connectivity index (χ0n) is 15.4. The van der Waals surface area contributed by atoms with E-state index in [0.29, 0.717) is 12.5 Å². The van der Waals surface area contributed by atoms with Gasteiger partial charge in [-0.25, -0.2) is 4.98 Å². The molecule has 0 bridgehead atoms. The van der Waals surface area contributed by atoms with Gasteiger partial charge in [-0.1, -0.05) is 12.8 Å². The highest BCUT2D eigenvalue weighted by molar-refractivity contribution is 14.0. The smallest absolute Gasteiger partial charge is 0.319 e. The van der Waals surface area contributed by atoms with Crippen LogP contribution in [0.25, 0.3) is 0 Å².